The maximum absolute atomic E-state index is 11.3. The highest BCUT2D eigenvalue weighted by Gasteiger charge is 2.18. The number of ether oxygens (including phenoxy) is 1. The SMILES string of the molecule is NS(=O)(=O)c1cc(OC2CCCCC2)ccc1O. The van der Waals surface area contributed by atoms with Gasteiger partial charge in [-0.15, -0.1) is 0 Å². The number of phenols is 1. The number of sulfonamides is 1. The van der Waals surface area contributed by atoms with Crippen LogP contribution in [-0.4, -0.2) is 19.6 Å². The van der Waals surface area contributed by atoms with Gasteiger partial charge in [0.25, 0.3) is 0 Å². The molecule has 0 unspecified atom stereocenters. The van der Waals surface area contributed by atoms with E-state index >= 15 is 0 Å². The monoisotopic (exact) mass is 271 g/mol. The highest BCUT2D eigenvalue weighted by molar-refractivity contribution is 7.89. The van der Waals surface area contributed by atoms with Crippen LogP contribution in [0.4, 0.5) is 0 Å². The fourth-order valence-corrected chi connectivity index (χ4v) is 2.81. The molecule has 100 valence electrons. The van der Waals surface area contributed by atoms with Gasteiger partial charge < -0.3 is 9.84 Å². The highest BCUT2D eigenvalue weighted by atomic mass is 32.2. The second kappa shape index (κ2) is 5.16. The average molecular weight is 271 g/mol. The number of primary sulfonamides is 1. The van der Waals surface area contributed by atoms with E-state index in [0.29, 0.717) is 5.75 Å². The van der Waals surface area contributed by atoms with E-state index in [9.17, 15) is 13.5 Å². The summed E-state index contributed by atoms with van der Waals surface area (Å²) in [6.45, 7) is 0. The van der Waals surface area contributed by atoms with Crippen LogP contribution in [0.1, 0.15) is 32.1 Å². The van der Waals surface area contributed by atoms with Gasteiger partial charge in [0.05, 0.1) is 6.10 Å². The molecule has 0 heterocycles. The molecule has 3 N–H and O–H groups in total. The van der Waals surface area contributed by atoms with Gasteiger partial charge >= 0.3 is 0 Å². The number of aromatic hydroxyl groups is 1. The van der Waals surface area contributed by atoms with Crippen molar-refractivity contribution in [3.05, 3.63) is 18.2 Å². The van der Waals surface area contributed by atoms with Crippen molar-refractivity contribution in [2.75, 3.05) is 0 Å². The number of rotatable bonds is 3. The van der Waals surface area contributed by atoms with Crippen LogP contribution in [0.3, 0.4) is 0 Å². The van der Waals surface area contributed by atoms with Crippen molar-refractivity contribution in [1.82, 2.24) is 0 Å². The Hall–Kier alpha value is -1.27. The summed E-state index contributed by atoms with van der Waals surface area (Å²) in [6.07, 6.45) is 5.56. The number of hydrogen-bond donors (Lipinski definition) is 2. The summed E-state index contributed by atoms with van der Waals surface area (Å²) in [5, 5.41) is 14.5. The molecule has 1 fully saturated rings. The third-order valence-corrected chi connectivity index (χ3v) is 4.03. The van der Waals surface area contributed by atoms with Gasteiger partial charge in [-0.05, 0) is 37.8 Å². The van der Waals surface area contributed by atoms with Crippen LogP contribution >= 0.6 is 0 Å². The summed E-state index contributed by atoms with van der Waals surface area (Å²) in [6, 6.07) is 4.12. The number of nitrogens with two attached hydrogens (primary N) is 1. The molecule has 0 aromatic heterocycles. The van der Waals surface area contributed by atoms with E-state index in [1.807, 2.05) is 0 Å². The fraction of sp³-hybridized carbons (Fsp3) is 0.500. The van der Waals surface area contributed by atoms with E-state index in [-0.39, 0.29) is 16.7 Å². The second-order valence-corrected chi connectivity index (χ2v) is 6.08. The van der Waals surface area contributed by atoms with Crippen LogP contribution in [0, 0.1) is 0 Å². The quantitative estimate of drug-likeness (QED) is 0.876. The molecule has 0 spiro atoms. The van der Waals surface area contributed by atoms with Gasteiger partial charge in [-0.2, -0.15) is 0 Å². The zero-order valence-electron chi connectivity index (χ0n) is 10.0. The zero-order chi connectivity index (χ0) is 13.2. The molecule has 1 saturated carbocycles. The van der Waals surface area contributed by atoms with Gasteiger partial charge in [0.1, 0.15) is 16.4 Å². The first-order valence-corrected chi connectivity index (χ1v) is 7.54. The molecular weight excluding hydrogens is 254 g/mol. The van der Waals surface area contributed by atoms with E-state index in [1.54, 1.807) is 6.07 Å². The first-order valence-electron chi connectivity index (χ1n) is 5.99. The molecule has 2 rings (SSSR count). The molecular formula is C12H17NO4S. The molecule has 0 aliphatic heterocycles. The van der Waals surface area contributed by atoms with Crippen molar-refractivity contribution in [3.8, 4) is 11.5 Å². The predicted octanol–water partition coefficient (Wildman–Crippen LogP) is 1.75. The lowest BCUT2D eigenvalue weighted by molar-refractivity contribution is 0.154. The summed E-state index contributed by atoms with van der Waals surface area (Å²) in [5.41, 5.74) is 0. The highest BCUT2D eigenvalue weighted by Crippen LogP contribution is 2.29. The van der Waals surface area contributed by atoms with Crippen LogP contribution in [0.25, 0.3) is 0 Å². The molecule has 1 aromatic rings. The summed E-state index contributed by atoms with van der Waals surface area (Å²) < 4.78 is 28.2. The number of hydrogen-bond acceptors (Lipinski definition) is 4. The lowest BCUT2D eigenvalue weighted by atomic mass is 9.98. The zero-order valence-corrected chi connectivity index (χ0v) is 10.8. The van der Waals surface area contributed by atoms with E-state index in [1.165, 1.54) is 18.6 Å². The van der Waals surface area contributed by atoms with Gasteiger partial charge in [-0.1, -0.05) is 6.42 Å². The van der Waals surface area contributed by atoms with Gasteiger partial charge in [0, 0.05) is 6.07 Å². The Labute approximate surface area is 107 Å². The van der Waals surface area contributed by atoms with E-state index in [4.69, 9.17) is 9.88 Å². The largest absolute Gasteiger partial charge is 0.507 e. The minimum absolute atomic E-state index is 0.122. The Morgan fingerprint density at radius 2 is 1.89 bits per heavy atom. The van der Waals surface area contributed by atoms with Crippen molar-refractivity contribution in [2.45, 2.75) is 43.1 Å². The predicted molar refractivity (Wildman–Crippen MR) is 67.0 cm³/mol. The minimum atomic E-state index is -3.93. The first-order chi connectivity index (χ1) is 8.47. The van der Waals surface area contributed by atoms with Gasteiger partial charge in [-0.3, -0.25) is 0 Å². The maximum Gasteiger partial charge on any atom is 0.241 e. The standard InChI is InChI=1S/C12H17NO4S/c13-18(15,16)12-8-10(6-7-11(12)14)17-9-4-2-1-3-5-9/h6-9,14H,1-5H2,(H2,13,15,16). The maximum atomic E-state index is 11.3. The van der Waals surface area contributed by atoms with Crippen molar-refractivity contribution >= 4 is 10.0 Å². The van der Waals surface area contributed by atoms with Gasteiger partial charge in [-0.25, -0.2) is 13.6 Å². The summed E-state index contributed by atoms with van der Waals surface area (Å²) >= 11 is 0. The van der Waals surface area contributed by atoms with Gasteiger partial charge in [0.15, 0.2) is 0 Å². The fourth-order valence-electron chi connectivity index (χ4n) is 2.17. The Kier molecular flexibility index (Phi) is 3.77. The number of phenolic OH excluding ortho intramolecular Hbond substituents is 1. The topological polar surface area (TPSA) is 89.6 Å². The van der Waals surface area contributed by atoms with Crippen LogP contribution in [0.2, 0.25) is 0 Å². The lowest BCUT2D eigenvalue weighted by Crippen LogP contribution is -2.20. The summed E-state index contributed by atoms with van der Waals surface area (Å²) in [5.74, 6) is 0.0808. The van der Waals surface area contributed by atoms with Crippen LogP contribution in [0.15, 0.2) is 23.1 Å². The van der Waals surface area contributed by atoms with E-state index in [2.05, 4.69) is 0 Å². The molecule has 0 atom stereocenters. The summed E-state index contributed by atoms with van der Waals surface area (Å²) in [7, 11) is -3.93. The number of benzene rings is 1. The molecule has 18 heavy (non-hydrogen) atoms. The molecule has 5 nitrogen and oxygen atoms in total. The third kappa shape index (κ3) is 3.14. The smallest absolute Gasteiger partial charge is 0.241 e. The first kappa shape index (κ1) is 13.2. The van der Waals surface area contributed by atoms with Crippen molar-refractivity contribution in [3.63, 3.8) is 0 Å². The van der Waals surface area contributed by atoms with Gasteiger partial charge in [0.2, 0.25) is 10.0 Å². The Morgan fingerprint density at radius 1 is 1.22 bits per heavy atom. The van der Waals surface area contributed by atoms with Crippen molar-refractivity contribution < 1.29 is 18.3 Å². The Balaban J connectivity index is 2.19. The molecule has 0 radical (unpaired) electrons. The minimum Gasteiger partial charge on any atom is -0.507 e. The van der Waals surface area contributed by atoms with E-state index in [0.717, 1.165) is 25.7 Å². The third-order valence-electron chi connectivity index (χ3n) is 3.09. The molecule has 1 aromatic carbocycles. The van der Waals surface area contributed by atoms with Crippen LogP contribution in [0.5, 0.6) is 11.5 Å². The van der Waals surface area contributed by atoms with E-state index < -0.39 is 10.0 Å². The Morgan fingerprint density at radius 3 is 2.50 bits per heavy atom. The molecule has 1 aliphatic rings. The van der Waals surface area contributed by atoms with Crippen LogP contribution < -0.4 is 9.88 Å². The average Bonchev–Trinajstić information content (AvgIpc) is 2.31. The normalized spacial score (nSPS) is 17.6. The van der Waals surface area contributed by atoms with Crippen molar-refractivity contribution in [1.29, 1.82) is 0 Å². The molecule has 0 bridgehead atoms. The molecule has 1 aliphatic carbocycles. The van der Waals surface area contributed by atoms with Crippen LogP contribution in [-0.2, 0) is 10.0 Å². The lowest BCUT2D eigenvalue weighted by Gasteiger charge is -2.23. The second-order valence-electron chi connectivity index (χ2n) is 4.55. The molecule has 0 saturated heterocycles. The molecule has 6 heteroatoms. The summed E-state index contributed by atoms with van der Waals surface area (Å²) in [4.78, 5) is -0.296. The van der Waals surface area contributed by atoms with Crippen molar-refractivity contribution in [2.24, 2.45) is 5.14 Å². The molecule has 0 amide bonds. The Bertz CT molecular complexity index is 521.